The summed E-state index contributed by atoms with van der Waals surface area (Å²) in [4.78, 5) is 31.4. The molecular formula is C25H21ClFN3O2S. The number of amidine groups is 1. The standard InChI is InChI=1S/C25H21ClFN3O2S/c26-18-6-10-20(11-7-18)29-25(28-15-14-17-4-2-1-3-5-17)33-22-16-23(31)30(24(22)32)21-12-8-19(27)9-13-21/h1-13,22H,14-16H2,(H,28,29). The summed E-state index contributed by atoms with van der Waals surface area (Å²) in [5.74, 6) is -1.09. The number of benzene rings is 3. The largest absolute Gasteiger partial charge is 0.335 e. The zero-order valence-electron chi connectivity index (χ0n) is 17.6. The molecule has 0 aromatic heterocycles. The van der Waals surface area contributed by atoms with Crippen molar-refractivity contribution in [3.63, 3.8) is 0 Å². The minimum Gasteiger partial charge on any atom is -0.335 e. The third-order valence-electron chi connectivity index (χ3n) is 5.04. The van der Waals surface area contributed by atoms with Crippen LogP contribution in [0.15, 0.2) is 83.9 Å². The summed E-state index contributed by atoms with van der Waals surface area (Å²) >= 11 is 7.20. The molecule has 0 spiro atoms. The number of hydrogen-bond donors (Lipinski definition) is 1. The minimum atomic E-state index is -0.627. The zero-order chi connectivity index (χ0) is 23.2. The average Bonchev–Trinajstić information content (AvgIpc) is 3.09. The third-order valence-corrected chi connectivity index (χ3v) is 6.40. The van der Waals surface area contributed by atoms with Gasteiger partial charge >= 0.3 is 0 Å². The van der Waals surface area contributed by atoms with E-state index in [-0.39, 0.29) is 18.2 Å². The highest BCUT2D eigenvalue weighted by molar-refractivity contribution is 8.15. The van der Waals surface area contributed by atoms with Crippen molar-refractivity contribution in [2.45, 2.75) is 18.1 Å². The molecule has 1 fully saturated rings. The smallest absolute Gasteiger partial charge is 0.247 e. The van der Waals surface area contributed by atoms with Crippen molar-refractivity contribution in [3.8, 4) is 0 Å². The van der Waals surface area contributed by atoms with Crippen LogP contribution in [0.2, 0.25) is 5.02 Å². The Hall–Kier alpha value is -3.16. The number of aliphatic imine (C=N–C) groups is 1. The molecule has 0 radical (unpaired) electrons. The lowest BCUT2D eigenvalue weighted by Gasteiger charge is -2.16. The topological polar surface area (TPSA) is 61.8 Å². The molecule has 1 atom stereocenters. The van der Waals surface area contributed by atoms with E-state index >= 15 is 0 Å². The van der Waals surface area contributed by atoms with Crippen molar-refractivity contribution in [2.24, 2.45) is 4.99 Å². The lowest BCUT2D eigenvalue weighted by Crippen LogP contribution is -2.31. The summed E-state index contributed by atoms with van der Waals surface area (Å²) in [7, 11) is 0. The summed E-state index contributed by atoms with van der Waals surface area (Å²) in [6.07, 6.45) is 0.785. The Balaban J connectivity index is 1.50. The highest BCUT2D eigenvalue weighted by Gasteiger charge is 2.40. The summed E-state index contributed by atoms with van der Waals surface area (Å²) in [5, 5.41) is 3.77. The predicted octanol–water partition coefficient (Wildman–Crippen LogP) is 5.56. The number of nitrogens with one attached hydrogen (secondary N) is 1. The van der Waals surface area contributed by atoms with Crippen molar-refractivity contribution >= 4 is 51.7 Å². The van der Waals surface area contributed by atoms with Crippen molar-refractivity contribution in [1.82, 2.24) is 0 Å². The first-order chi connectivity index (χ1) is 16.0. The Morgan fingerprint density at radius 1 is 1.03 bits per heavy atom. The van der Waals surface area contributed by atoms with Crippen LogP contribution in [-0.2, 0) is 16.0 Å². The van der Waals surface area contributed by atoms with Gasteiger partial charge in [0.1, 0.15) is 11.1 Å². The third kappa shape index (κ3) is 6.00. The summed E-state index contributed by atoms with van der Waals surface area (Å²) < 4.78 is 13.3. The lowest BCUT2D eigenvalue weighted by molar-refractivity contribution is -0.121. The van der Waals surface area contributed by atoms with E-state index in [0.717, 1.165) is 22.6 Å². The van der Waals surface area contributed by atoms with Crippen LogP contribution in [0.3, 0.4) is 0 Å². The number of anilines is 2. The van der Waals surface area contributed by atoms with Crippen LogP contribution in [-0.4, -0.2) is 28.8 Å². The van der Waals surface area contributed by atoms with E-state index in [9.17, 15) is 14.0 Å². The first-order valence-corrected chi connectivity index (χ1v) is 11.7. The molecule has 2 amide bonds. The van der Waals surface area contributed by atoms with E-state index in [2.05, 4.69) is 10.3 Å². The first-order valence-electron chi connectivity index (χ1n) is 10.4. The molecule has 0 bridgehead atoms. The highest BCUT2D eigenvalue weighted by Crippen LogP contribution is 2.31. The van der Waals surface area contributed by atoms with Gasteiger partial charge in [-0.25, -0.2) is 9.29 Å². The van der Waals surface area contributed by atoms with Crippen LogP contribution < -0.4 is 10.2 Å². The molecule has 3 aromatic carbocycles. The second kappa shape index (κ2) is 10.6. The molecule has 0 aliphatic carbocycles. The number of carbonyl (C=O) groups is 2. The molecule has 1 aliphatic rings. The number of thioether (sulfide) groups is 1. The Kier molecular flexibility index (Phi) is 7.42. The van der Waals surface area contributed by atoms with Crippen molar-refractivity contribution < 1.29 is 14.0 Å². The molecule has 3 aromatic rings. The molecule has 1 aliphatic heterocycles. The van der Waals surface area contributed by atoms with Crippen LogP contribution in [0.5, 0.6) is 0 Å². The van der Waals surface area contributed by atoms with E-state index < -0.39 is 11.1 Å². The van der Waals surface area contributed by atoms with E-state index in [4.69, 9.17) is 11.6 Å². The van der Waals surface area contributed by atoms with Gasteiger partial charge in [0, 0.05) is 23.7 Å². The highest BCUT2D eigenvalue weighted by atomic mass is 35.5. The molecule has 1 saturated heterocycles. The predicted molar refractivity (Wildman–Crippen MR) is 132 cm³/mol. The van der Waals surface area contributed by atoms with Gasteiger partial charge < -0.3 is 5.32 Å². The van der Waals surface area contributed by atoms with Crippen LogP contribution in [0.4, 0.5) is 15.8 Å². The maximum Gasteiger partial charge on any atom is 0.247 e. The molecule has 5 nitrogen and oxygen atoms in total. The number of hydrogen-bond acceptors (Lipinski definition) is 4. The first kappa shape index (κ1) is 23.0. The molecule has 1 N–H and O–H groups in total. The average molecular weight is 482 g/mol. The number of nitrogens with zero attached hydrogens (tertiary/aromatic N) is 2. The molecule has 1 heterocycles. The van der Waals surface area contributed by atoms with Gasteiger partial charge in [0.2, 0.25) is 11.8 Å². The number of carbonyl (C=O) groups excluding carboxylic acids is 2. The molecule has 1 unspecified atom stereocenters. The van der Waals surface area contributed by atoms with Crippen LogP contribution in [0.1, 0.15) is 12.0 Å². The van der Waals surface area contributed by atoms with Gasteiger partial charge in [0.05, 0.1) is 5.69 Å². The molecule has 168 valence electrons. The normalized spacial score (nSPS) is 16.4. The SMILES string of the molecule is O=C1CC(SC(=NCCc2ccccc2)Nc2ccc(Cl)cc2)C(=O)N1c1ccc(F)cc1. The van der Waals surface area contributed by atoms with Crippen LogP contribution in [0, 0.1) is 5.82 Å². The Morgan fingerprint density at radius 2 is 1.73 bits per heavy atom. The van der Waals surface area contributed by atoms with Gasteiger partial charge in [-0.05, 0) is 60.5 Å². The summed E-state index contributed by atoms with van der Waals surface area (Å²) in [6.45, 7) is 0.517. The van der Waals surface area contributed by atoms with Crippen molar-refractivity contribution in [2.75, 3.05) is 16.8 Å². The second-order valence-electron chi connectivity index (χ2n) is 7.41. The fraction of sp³-hybridized carbons (Fsp3) is 0.160. The molecule has 33 heavy (non-hydrogen) atoms. The number of amides is 2. The number of imide groups is 1. The van der Waals surface area contributed by atoms with Crippen LogP contribution >= 0.6 is 23.4 Å². The fourth-order valence-electron chi connectivity index (χ4n) is 3.39. The van der Waals surface area contributed by atoms with E-state index in [1.165, 1.54) is 36.0 Å². The van der Waals surface area contributed by atoms with Gasteiger partial charge in [0.15, 0.2) is 5.17 Å². The van der Waals surface area contributed by atoms with E-state index in [1.54, 1.807) is 12.1 Å². The molecule has 8 heteroatoms. The minimum absolute atomic E-state index is 0.0425. The molecule has 4 rings (SSSR count). The number of halogens is 2. The zero-order valence-corrected chi connectivity index (χ0v) is 19.2. The van der Waals surface area contributed by atoms with E-state index in [1.807, 2.05) is 42.5 Å². The molecule has 0 saturated carbocycles. The lowest BCUT2D eigenvalue weighted by atomic mass is 10.2. The van der Waals surface area contributed by atoms with Gasteiger partial charge in [0.25, 0.3) is 0 Å². The monoisotopic (exact) mass is 481 g/mol. The Labute approximate surface area is 200 Å². The Bertz CT molecular complexity index is 1150. The van der Waals surface area contributed by atoms with Gasteiger partial charge in [-0.15, -0.1) is 0 Å². The maximum atomic E-state index is 13.3. The van der Waals surface area contributed by atoms with Gasteiger partial charge in [-0.3, -0.25) is 14.6 Å². The van der Waals surface area contributed by atoms with Crippen LogP contribution in [0.25, 0.3) is 0 Å². The van der Waals surface area contributed by atoms with Gasteiger partial charge in [-0.2, -0.15) is 0 Å². The summed E-state index contributed by atoms with van der Waals surface area (Å²) in [6, 6.07) is 22.5. The maximum absolute atomic E-state index is 13.3. The quantitative estimate of drug-likeness (QED) is 0.284. The van der Waals surface area contributed by atoms with Crippen molar-refractivity contribution in [3.05, 3.63) is 95.3 Å². The fourth-order valence-corrected chi connectivity index (χ4v) is 4.56. The second-order valence-corrected chi connectivity index (χ2v) is 9.04. The van der Waals surface area contributed by atoms with E-state index in [0.29, 0.717) is 22.4 Å². The van der Waals surface area contributed by atoms with Gasteiger partial charge in [-0.1, -0.05) is 53.7 Å². The summed E-state index contributed by atoms with van der Waals surface area (Å²) in [5.41, 5.74) is 2.30. The molecular weight excluding hydrogens is 461 g/mol. The number of rotatable bonds is 6. The van der Waals surface area contributed by atoms with Crippen molar-refractivity contribution in [1.29, 1.82) is 0 Å². The Morgan fingerprint density at radius 3 is 2.42 bits per heavy atom.